The second kappa shape index (κ2) is 12.1. The van der Waals surface area contributed by atoms with Crippen LogP contribution in [-0.2, 0) is 42.1 Å². The van der Waals surface area contributed by atoms with E-state index in [4.69, 9.17) is 0 Å². The first-order chi connectivity index (χ1) is 18.1. The third-order valence-electron chi connectivity index (χ3n) is 7.83. The van der Waals surface area contributed by atoms with Gasteiger partial charge in [0.1, 0.15) is 11.6 Å². The number of fused-ring (bicyclic) bond motifs is 3. The Hall–Kier alpha value is -2.72. The van der Waals surface area contributed by atoms with Crippen molar-refractivity contribution in [1.82, 2.24) is 4.57 Å². The molecule has 222 valence electrons. The summed E-state index contributed by atoms with van der Waals surface area (Å²) < 4.78 is 16.5. The molecule has 1 heterocycles. The van der Waals surface area contributed by atoms with Crippen LogP contribution in [-0.4, -0.2) is 9.67 Å². The van der Waals surface area contributed by atoms with Gasteiger partial charge in [-0.1, -0.05) is 86.6 Å². The summed E-state index contributed by atoms with van der Waals surface area (Å²) in [5, 5.41) is 14.2. The first kappa shape index (κ1) is 35.5. The smallest absolute Gasteiger partial charge is 0.147 e. The number of rotatable bonds is 2. The van der Waals surface area contributed by atoms with Crippen molar-refractivity contribution < 1.29 is 35.3 Å². The summed E-state index contributed by atoms with van der Waals surface area (Å²) >= 11 is 0. The summed E-state index contributed by atoms with van der Waals surface area (Å²) in [4.78, 5) is 0. The molecule has 0 atom stereocenters. The van der Waals surface area contributed by atoms with Crippen LogP contribution in [0.2, 0.25) is 0 Å². The molecular formula is C38H46FHfNO-2. The number of nitrogens with zero attached hydrogens (tertiary/aromatic N) is 1. The number of benzene rings is 4. The molecule has 0 aliphatic carbocycles. The Labute approximate surface area is 271 Å². The van der Waals surface area contributed by atoms with Gasteiger partial charge in [0.25, 0.3) is 0 Å². The average Bonchev–Trinajstić information content (AvgIpc) is 3.15. The van der Waals surface area contributed by atoms with E-state index in [-0.39, 0.29) is 68.5 Å². The van der Waals surface area contributed by atoms with Gasteiger partial charge in [0.2, 0.25) is 0 Å². The maximum absolute atomic E-state index is 14.3. The average molecular weight is 730 g/mol. The van der Waals surface area contributed by atoms with Crippen molar-refractivity contribution in [3.05, 3.63) is 110 Å². The number of hydrogen-bond donors (Lipinski definition) is 1. The molecule has 0 saturated heterocycles. The van der Waals surface area contributed by atoms with Gasteiger partial charge in [0, 0.05) is 42.2 Å². The molecule has 1 N–H and O–H groups in total. The molecular weight excluding hydrogens is 684 g/mol. The maximum Gasteiger partial charge on any atom is 0.147 e. The number of halogens is 1. The zero-order valence-corrected chi connectivity index (χ0v) is 30.8. The molecule has 0 spiro atoms. The standard InChI is InChI=1S/C36H40FNO.2CH3.Hf/c1-34(2,3)23-13-15-30-28(18-23)29-19-24(35(4,5)6)14-16-31(29)38(30)32-21-25(36(7,8)9)20-27(33(32)39)22-11-10-12-26(37)17-22;;;/h10-21,39H,1-9H3;2*1H3;/q;2*-1;. The van der Waals surface area contributed by atoms with Gasteiger partial charge in [-0.3, -0.25) is 0 Å². The van der Waals surface area contributed by atoms with Crippen molar-refractivity contribution in [2.75, 3.05) is 0 Å². The first-order valence-electron chi connectivity index (χ1n) is 13.8. The number of phenolic OH excluding ortho intramolecular Hbond substituents is 1. The Morgan fingerprint density at radius 1 is 0.595 bits per heavy atom. The molecule has 0 fully saturated rings. The monoisotopic (exact) mass is 731 g/mol. The minimum Gasteiger partial charge on any atom is -0.505 e. The van der Waals surface area contributed by atoms with Crippen LogP contribution in [0.3, 0.4) is 0 Å². The molecule has 5 rings (SSSR count). The molecule has 42 heavy (non-hydrogen) atoms. The van der Waals surface area contributed by atoms with Gasteiger partial charge in [-0.2, -0.15) is 0 Å². The fourth-order valence-electron chi connectivity index (χ4n) is 5.31. The molecule has 0 unspecified atom stereocenters. The third-order valence-corrected chi connectivity index (χ3v) is 7.83. The van der Waals surface area contributed by atoms with E-state index in [1.807, 2.05) is 12.1 Å². The minimum atomic E-state index is -0.323. The van der Waals surface area contributed by atoms with Crippen LogP contribution in [0.5, 0.6) is 5.75 Å². The second-order valence-corrected chi connectivity index (χ2v) is 14.0. The third kappa shape index (κ3) is 6.44. The van der Waals surface area contributed by atoms with E-state index in [0.717, 1.165) is 27.4 Å². The van der Waals surface area contributed by atoms with Gasteiger partial charge in [0.05, 0.1) is 16.7 Å². The van der Waals surface area contributed by atoms with E-state index >= 15 is 0 Å². The Morgan fingerprint density at radius 3 is 1.50 bits per heavy atom. The molecule has 0 amide bonds. The van der Waals surface area contributed by atoms with Gasteiger partial charge in [-0.05, 0) is 87.0 Å². The fraction of sp³-hybridized carbons (Fsp3) is 0.316. The first-order valence-corrected chi connectivity index (χ1v) is 13.8. The van der Waals surface area contributed by atoms with Gasteiger partial charge >= 0.3 is 0 Å². The van der Waals surface area contributed by atoms with E-state index < -0.39 is 0 Å². The SMILES string of the molecule is CC(C)(C)c1cc(-c2cccc(F)c2)c(O)c(-n2c3ccc(C(C)(C)C)cc3c3cc(C(C)(C)C)ccc32)c1.[CH3-].[CH3-].[Hf]. The van der Waals surface area contributed by atoms with Crippen molar-refractivity contribution in [1.29, 1.82) is 0 Å². The Morgan fingerprint density at radius 2 is 1.07 bits per heavy atom. The summed E-state index contributed by atoms with van der Waals surface area (Å²) in [5.74, 6) is -0.178. The van der Waals surface area contributed by atoms with Gasteiger partial charge in [-0.25, -0.2) is 4.39 Å². The van der Waals surface area contributed by atoms with Crippen LogP contribution in [0.4, 0.5) is 4.39 Å². The molecule has 0 aliphatic rings. The summed E-state index contributed by atoms with van der Waals surface area (Å²) in [7, 11) is 0. The Bertz CT molecular complexity index is 1650. The fourth-order valence-corrected chi connectivity index (χ4v) is 5.31. The molecule has 4 aromatic carbocycles. The summed E-state index contributed by atoms with van der Waals surface area (Å²) in [5.41, 5.74) is 7.50. The molecule has 0 bridgehead atoms. The summed E-state index contributed by atoms with van der Waals surface area (Å²) in [6.07, 6.45) is 0. The quantitative estimate of drug-likeness (QED) is 0.142. The van der Waals surface area contributed by atoms with Gasteiger partial charge in [-0.15, -0.1) is 0 Å². The summed E-state index contributed by atoms with van der Waals surface area (Å²) in [6.45, 7) is 19.9. The molecule has 5 aromatic rings. The molecule has 0 aliphatic heterocycles. The van der Waals surface area contributed by atoms with Crippen molar-refractivity contribution >= 4 is 21.8 Å². The Balaban J connectivity index is 0.00000205. The van der Waals surface area contributed by atoms with E-state index in [9.17, 15) is 9.50 Å². The van der Waals surface area contributed by atoms with Crippen molar-refractivity contribution in [3.63, 3.8) is 0 Å². The largest absolute Gasteiger partial charge is 0.505 e. The summed E-state index contributed by atoms with van der Waals surface area (Å²) in [6, 6.07) is 23.9. The molecule has 1 aromatic heterocycles. The van der Waals surface area contributed by atoms with E-state index in [0.29, 0.717) is 16.8 Å². The molecule has 4 heteroatoms. The van der Waals surface area contributed by atoms with Crippen LogP contribution in [0.1, 0.15) is 79.0 Å². The minimum absolute atomic E-state index is 0. The molecule has 2 nitrogen and oxygen atoms in total. The van der Waals surface area contributed by atoms with Crippen LogP contribution in [0, 0.1) is 20.7 Å². The Kier molecular flexibility index (Phi) is 10.2. The van der Waals surface area contributed by atoms with Crippen LogP contribution in [0.25, 0.3) is 38.6 Å². The topological polar surface area (TPSA) is 25.2 Å². The number of phenols is 1. The van der Waals surface area contributed by atoms with Crippen molar-refractivity contribution in [2.45, 2.75) is 78.6 Å². The van der Waals surface area contributed by atoms with Crippen molar-refractivity contribution in [3.8, 4) is 22.6 Å². The van der Waals surface area contributed by atoms with E-state index in [1.54, 1.807) is 6.07 Å². The van der Waals surface area contributed by atoms with Crippen molar-refractivity contribution in [2.24, 2.45) is 0 Å². The van der Waals surface area contributed by atoms with Gasteiger partial charge < -0.3 is 24.5 Å². The number of hydrogen-bond acceptors (Lipinski definition) is 1. The molecule has 0 saturated carbocycles. The van der Waals surface area contributed by atoms with E-state index in [1.165, 1.54) is 23.3 Å². The molecule has 0 radical (unpaired) electrons. The van der Waals surface area contributed by atoms with Crippen LogP contribution < -0.4 is 0 Å². The predicted molar refractivity (Wildman–Crippen MR) is 177 cm³/mol. The van der Waals surface area contributed by atoms with Crippen LogP contribution in [0.15, 0.2) is 72.8 Å². The normalized spacial score (nSPS) is 12.0. The zero-order chi connectivity index (χ0) is 28.5. The van der Waals surface area contributed by atoms with E-state index in [2.05, 4.69) is 109 Å². The maximum atomic E-state index is 14.3. The zero-order valence-electron chi connectivity index (χ0n) is 27.2. The van der Waals surface area contributed by atoms with Gasteiger partial charge in [0.15, 0.2) is 0 Å². The number of aromatic nitrogens is 1. The van der Waals surface area contributed by atoms with Crippen LogP contribution >= 0.6 is 0 Å². The predicted octanol–water partition coefficient (Wildman–Crippen LogP) is 11.1. The second-order valence-electron chi connectivity index (χ2n) is 14.0. The number of aromatic hydroxyl groups is 1.